The summed E-state index contributed by atoms with van der Waals surface area (Å²) in [5, 5.41) is 3.42. The first-order valence-corrected chi connectivity index (χ1v) is 10.6. The molecule has 0 bridgehead atoms. The maximum Gasteiger partial charge on any atom is 0.129 e. The first-order chi connectivity index (χ1) is 14.9. The summed E-state index contributed by atoms with van der Waals surface area (Å²) in [6, 6.07) is 31.9. The topological polar surface area (TPSA) is 37.8 Å². The normalized spacial score (nSPS) is 10.7. The second-order valence-electron chi connectivity index (χ2n) is 7.49. The minimum atomic E-state index is 0.876. The zero-order valence-corrected chi connectivity index (χ0v) is 17.2. The number of hydrogen-bond acceptors (Lipinski definition) is 3. The number of nitrogens with one attached hydrogen (secondary N) is 1. The number of benzene rings is 3. The summed E-state index contributed by atoms with van der Waals surface area (Å²) in [4.78, 5) is 8.83. The van der Waals surface area contributed by atoms with E-state index in [4.69, 9.17) is 0 Å². The molecule has 0 amide bonds. The van der Waals surface area contributed by atoms with Crippen LogP contribution in [0.5, 0.6) is 0 Å². The van der Waals surface area contributed by atoms with Gasteiger partial charge in [0.15, 0.2) is 0 Å². The number of rotatable bonds is 9. The molecule has 0 aliphatic rings. The van der Waals surface area contributed by atoms with Gasteiger partial charge in [-0.05, 0) is 42.4 Å². The van der Waals surface area contributed by atoms with Crippen LogP contribution < -0.4 is 5.32 Å². The fourth-order valence-corrected chi connectivity index (χ4v) is 3.54. The Bertz CT molecular complexity index is 1030. The van der Waals surface area contributed by atoms with Crippen molar-refractivity contribution in [3.8, 4) is 11.3 Å². The predicted molar refractivity (Wildman–Crippen MR) is 125 cm³/mol. The largest absolute Gasteiger partial charge is 0.370 e. The Morgan fingerprint density at radius 2 is 1.20 bits per heavy atom. The zero-order valence-electron chi connectivity index (χ0n) is 17.2. The molecule has 1 N–H and O–H groups in total. The maximum atomic E-state index is 4.46. The third-order valence-electron chi connectivity index (χ3n) is 5.25. The molecule has 1 heterocycles. The van der Waals surface area contributed by atoms with Crippen LogP contribution in [-0.2, 0) is 19.3 Å². The van der Waals surface area contributed by atoms with E-state index < -0.39 is 0 Å². The third-order valence-corrected chi connectivity index (χ3v) is 5.25. The van der Waals surface area contributed by atoms with E-state index >= 15 is 0 Å². The van der Waals surface area contributed by atoms with E-state index in [1.807, 2.05) is 6.07 Å². The van der Waals surface area contributed by atoms with Gasteiger partial charge in [0.1, 0.15) is 12.1 Å². The van der Waals surface area contributed by atoms with Crippen molar-refractivity contribution in [2.45, 2.75) is 25.7 Å². The van der Waals surface area contributed by atoms with Gasteiger partial charge in [-0.25, -0.2) is 9.97 Å². The van der Waals surface area contributed by atoms with Gasteiger partial charge in [-0.3, -0.25) is 0 Å². The zero-order chi connectivity index (χ0) is 20.4. The van der Waals surface area contributed by atoms with Crippen LogP contribution >= 0.6 is 0 Å². The van der Waals surface area contributed by atoms with Crippen molar-refractivity contribution >= 4 is 5.82 Å². The van der Waals surface area contributed by atoms with Crippen molar-refractivity contribution in [1.82, 2.24) is 9.97 Å². The maximum absolute atomic E-state index is 4.46. The van der Waals surface area contributed by atoms with E-state index in [0.29, 0.717) is 0 Å². The SMILES string of the molecule is c1ccc(CCCNc2cc(-c3ccc(CCc4ccccc4)cc3)ncn2)cc1. The summed E-state index contributed by atoms with van der Waals surface area (Å²) in [5.74, 6) is 0.876. The van der Waals surface area contributed by atoms with Crippen LogP contribution in [0.4, 0.5) is 5.82 Å². The first kappa shape index (κ1) is 19.8. The molecule has 4 rings (SSSR count). The van der Waals surface area contributed by atoms with Gasteiger partial charge in [-0.2, -0.15) is 0 Å². The lowest BCUT2D eigenvalue weighted by Gasteiger charge is -2.08. The molecule has 0 unspecified atom stereocenters. The molecular formula is C27H27N3. The van der Waals surface area contributed by atoms with Crippen molar-refractivity contribution in [2.75, 3.05) is 11.9 Å². The van der Waals surface area contributed by atoms with Crippen molar-refractivity contribution in [2.24, 2.45) is 0 Å². The number of aryl methyl sites for hydroxylation is 3. The molecule has 3 aromatic carbocycles. The van der Waals surface area contributed by atoms with Gasteiger partial charge < -0.3 is 5.32 Å². The molecule has 3 heteroatoms. The first-order valence-electron chi connectivity index (χ1n) is 10.6. The molecule has 0 saturated carbocycles. The Kier molecular flexibility index (Phi) is 6.85. The van der Waals surface area contributed by atoms with Crippen molar-refractivity contribution in [1.29, 1.82) is 0 Å². The van der Waals surface area contributed by atoms with Gasteiger partial charge in [-0.15, -0.1) is 0 Å². The highest BCUT2D eigenvalue weighted by Gasteiger charge is 2.03. The van der Waals surface area contributed by atoms with Gasteiger partial charge in [0.2, 0.25) is 0 Å². The molecule has 4 aromatic rings. The predicted octanol–water partition coefficient (Wildman–Crippen LogP) is 5.97. The molecule has 1 aromatic heterocycles. The van der Waals surface area contributed by atoms with E-state index in [1.54, 1.807) is 6.33 Å². The smallest absolute Gasteiger partial charge is 0.129 e. The Labute approximate surface area is 178 Å². The van der Waals surface area contributed by atoms with Crippen LogP contribution in [0.25, 0.3) is 11.3 Å². The van der Waals surface area contributed by atoms with Crippen LogP contribution in [0.15, 0.2) is 97.3 Å². The lowest BCUT2D eigenvalue weighted by molar-refractivity contribution is 0.858. The van der Waals surface area contributed by atoms with Gasteiger partial charge >= 0.3 is 0 Å². The minimum Gasteiger partial charge on any atom is -0.370 e. The van der Waals surface area contributed by atoms with Gasteiger partial charge in [0, 0.05) is 18.2 Å². The summed E-state index contributed by atoms with van der Waals surface area (Å²) in [6.45, 7) is 0.893. The quantitative estimate of drug-likeness (QED) is 0.356. The van der Waals surface area contributed by atoms with E-state index in [9.17, 15) is 0 Å². The standard InChI is InChI=1S/C27H27N3/c1-3-8-22(9-4-1)12-7-19-28-27-20-26(29-21-30-27)25-17-15-24(16-18-25)14-13-23-10-5-2-6-11-23/h1-6,8-11,15-18,20-21H,7,12-14,19H2,(H,28,29,30). The van der Waals surface area contributed by atoms with E-state index in [1.165, 1.54) is 16.7 Å². The Balaban J connectivity index is 1.30. The second-order valence-corrected chi connectivity index (χ2v) is 7.49. The van der Waals surface area contributed by atoms with Crippen LogP contribution in [0.2, 0.25) is 0 Å². The Morgan fingerprint density at radius 3 is 1.87 bits per heavy atom. The van der Waals surface area contributed by atoms with Crippen LogP contribution in [-0.4, -0.2) is 16.5 Å². The molecule has 150 valence electrons. The van der Waals surface area contributed by atoms with Crippen molar-refractivity contribution < 1.29 is 0 Å². The fourth-order valence-electron chi connectivity index (χ4n) is 3.54. The Hall–Kier alpha value is -3.46. The highest BCUT2D eigenvalue weighted by atomic mass is 15.0. The molecule has 0 spiro atoms. The molecule has 30 heavy (non-hydrogen) atoms. The molecule has 0 saturated heterocycles. The summed E-state index contributed by atoms with van der Waals surface area (Å²) in [7, 11) is 0. The fraction of sp³-hybridized carbons (Fsp3) is 0.185. The van der Waals surface area contributed by atoms with E-state index in [0.717, 1.165) is 49.3 Å². The summed E-state index contributed by atoms with van der Waals surface area (Å²) in [6.07, 6.45) is 5.88. The summed E-state index contributed by atoms with van der Waals surface area (Å²) >= 11 is 0. The molecule has 0 aliphatic heterocycles. The third kappa shape index (κ3) is 5.77. The van der Waals surface area contributed by atoms with Crippen LogP contribution in [0.1, 0.15) is 23.1 Å². The number of hydrogen-bond donors (Lipinski definition) is 1. The van der Waals surface area contributed by atoms with Crippen LogP contribution in [0.3, 0.4) is 0 Å². The van der Waals surface area contributed by atoms with Crippen LogP contribution in [0, 0.1) is 0 Å². The second kappa shape index (κ2) is 10.4. The molecular weight excluding hydrogens is 366 g/mol. The summed E-state index contributed by atoms with van der Waals surface area (Å²) in [5.41, 5.74) is 6.16. The molecule has 0 aliphatic carbocycles. The Morgan fingerprint density at radius 1 is 0.600 bits per heavy atom. The molecule has 3 nitrogen and oxygen atoms in total. The number of anilines is 1. The van der Waals surface area contributed by atoms with E-state index in [-0.39, 0.29) is 0 Å². The number of nitrogens with zero attached hydrogens (tertiary/aromatic N) is 2. The average molecular weight is 394 g/mol. The molecule has 0 fully saturated rings. The lowest BCUT2D eigenvalue weighted by Crippen LogP contribution is -2.05. The highest BCUT2D eigenvalue weighted by molar-refractivity contribution is 5.62. The average Bonchev–Trinajstić information content (AvgIpc) is 2.82. The monoisotopic (exact) mass is 393 g/mol. The van der Waals surface area contributed by atoms with Crippen molar-refractivity contribution in [3.63, 3.8) is 0 Å². The number of aromatic nitrogens is 2. The molecule has 0 radical (unpaired) electrons. The van der Waals surface area contributed by atoms with Gasteiger partial charge in [0.25, 0.3) is 0 Å². The lowest BCUT2D eigenvalue weighted by atomic mass is 10.0. The highest BCUT2D eigenvalue weighted by Crippen LogP contribution is 2.20. The van der Waals surface area contributed by atoms with Gasteiger partial charge in [-0.1, -0.05) is 84.9 Å². The molecule has 0 atom stereocenters. The van der Waals surface area contributed by atoms with Gasteiger partial charge in [0.05, 0.1) is 5.69 Å². The summed E-state index contributed by atoms with van der Waals surface area (Å²) < 4.78 is 0. The van der Waals surface area contributed by atoms with E-state index in [2.05, 4.69) is 100 Å². The minimum absolute atomic E-state index is 0.876. The van der Waals surface area contributed by atoms with Crippen molar-refractivity contribution in [3.05, 3.63) is 114 Å².